The highest BCUT2D eigenvalue weighted by molar-refractivity contribution is 7.92. The maximum Gasteiger partial charge on any atom is 0.410 e. The van der Waals surface area contributed by atoms with Crippen molar-refractivity contribution in [3.63, 3.8) is 0 Å². The lowest BCUT2D eigenvalue weighted by Gasteiger charge is -2.34. The number of anilines is 4. The standard InChI is InChI=1S/C33H44ClN5O5S/c1-20(2)43-28-18-24(23-13-15-39(16-14-23)32(40)44-33(6,7)8)22(5)17-27(28)37-31-35-19-25(34)30(38-31)36-26-11-9-10-12-29(26)45(41,42)21(3)4/h9-12,17-21,23H,13-16H2,1-8H3,(H2,35,36,37,38). The van der Waals surface area contributed by atoms with Gasteiger partial charge in [0.25, 0.3) is 0 Å². The Morgan fingerprint density at radius 3 is 2.33 bits per heavy atom. The van der Waals surface area contributed by atoms with Gasteiger partial charge in [0.1, 0.15) is 16.4 Å². The lowest BCUT2D eigenvalue weighted by molar-refractivity contribution is 0.0204. The first-order valence-electron chi connectivity index (χ1n) is 15.2. The van der Waals surface area contributed by atoms with Crippen LogP contribution in [0, 0.1) is 6.92 Å². The van der Waals surface area contributed by atoms with Crippen molar-refractivity contribution >= 4 is 50.7 Å². The van der Waals surface area contributed by atoms with Crippen molar-refractivity contribution in [2.24, 2.45) is 0 Å². The van der Waals surface area contributed by atoms with E-state index in [1.54, 1.807) is 43.0 Å². The summed E-state index contributed by atoms with van der Waals surface area (Å²) < 4.78 is 37.7. The number of likely N-dealkylation sites (tertiary alicyclic amines) is 1. The van der Waals surface area contributed by atoms with Gasteiger partial charge < -0.3 is 25.0 Å². The van der Waals surface area contributed by atoms with Crippen molar-refractivity contribution in [1.29, 1.82) is 0 Å². The van der Waals surface area contributed by atoms with Gasteiger partial charge in [0.15, 0.2) is 15.7 Å². The number of ether oxygens (including phenoxy) is 2. The minimum atomic E-state index is -3.56. The molecule has 0 aliphatic carbocycles. The third-order valence-corrected chi connectivity index (χ3v) is 9.86. The van der Waals surface area contributed by atoms with Crippen molar-refractivity contribution in [2.75, 3.05) is 23.7 Å². The van der Waals surface area contributed by atoms with Crippen LogP contribution in [0.2, 0.25) is 5.02 Å². The largest absolute Gasteiger partial charge is 0.489 e. The number of nitrogens with zero attached hydrogens (tertiary/aromatic N) is 3. The molecule has 10 nitrogen and oxygen atoms in total. The number of aryl methyl sites for hydroxylation is 1. The summed E-state index contributed by atoms with van der Waals surface area (Å²) in [5, 5.41) is 6.01. The van der Waals surface area contributed by atoms with Crippen molar-refractivity contribution in [2.45, 2.75) is 96.0 Å². The number of sulfone groups is 1. The molecule has 0 radical (unpaired) electrons. The third-order valence-electron chi connectivity index (χ3n) is 7.38. The average Bonchev–Trinajstić information content (AvgIpc) is 2.95. The molecule has 0 spiro atoms. The Balaban J connectivity index is 1.58. The second-order valence-corrected chi connectivity index (χ2v) is 15.7. The predicted molar refractivity (Wildman–Crippen MR) is 179 cm³/mol. The topological polar surface area (TPSA) is 123 Å². The molecule has 2 aromatic carbocycles. The normalized spacial score (nSPS) is 14.5. The fourth-order valence-corrected chi connectivity index (χ4v) is 6.47. The Labute approximate surface area is 271 Å². The van der Waals surface area contributed by atoms with E-state index in [0.29, 0.717) is 30.2 Å². The molecule has 3 aromatic rings. The number of amides is 1. The van der Waals surface area contributed by atoms with E-state index < -0.39 is 20.7 Å². The zero-order chi connectivity index (χ0) is 33.1. The van der Waals surface area contributed by atoms with Crippen molar-refractivity contribution in [1.82, 2.24) is 14.9 Å². The molecule has 2 N–H and O–H groups in total. The van der Waals surface area contributed by atoms with Crippen LogP contribution in [-0.2, 0) is 14.6 Å². The Kier molecular flexibility index (Phi) is 10.5. The summed E-state index contributed by atoms with van der Waals surface area (Å²) in [5.74, 6) is 1.44. The average molecular weight is 658 g/mol. The van der Waals surface area contributed by atoms with Crippen LogP contribution in [0.5, 0.6) is 5.75 Å². The number of carbonyl (C=O) groups is 1. The smallest absolute Gasteiger partial charge is 0.410 e. The summed E-state index contributed by atoms with van der Waals surface area (Å²) in [6.45, 7) is 16.1. The van der Waals surface area contributed by atoms with E-state index in [1.165, 1.54) is 11.8 Å². The number of nitrogens with one attached hydrogen (secondary N) is 2. The van der Waals surface area contributed by atoms with Crippen LogP contribution in [0.1, 0.15) is 78.4 Å². The highest BCUT2D eigenvalue weighted by atomic mass is 35.5. The summed E-state index contributed by atoms with van der Waals surface area (Å²) in [6.07, 6.45) is 2.73. The van der Waals surface area contributed by atoms with E-state index in [-0.39, 0.29) is 39.8 Å². The van der Waals surface area contributed by atoms with Gasteiger partial charge in [-0.05, 0) is 110 Å². The van der Waals surface area contributed by atoms with Crippen LogP contribution in [0.4, 0.5) is 27.9 Å². The van der Waals surface area contributed by atoms with Crippen molar-refractivity contribution in [3.8, 4) is 5.75 Å². The summed E-state index contributed by atoms with van der Waals surface area (Å²) in [7, 11) is -3.56. The number of benzene rings is 2. The van der Waals surface area contributed by atoms with Crippen LogP contribution in [0.3, 0.4) is 0 Å². The number of halogens is 1. The van der Waals surface area contributed by atoms with Crippen LogP contribution >= 0.6 is 11.6 Å². The monoisotopic (exact) mass is 657 g/mol. The third kappa shape index (κ3) is 8.58. The maximum absolute atomic E-state index is 13.0. The Hall–Kier alpha value is -3.57. The second kappa shape index (κ2) is 13.8. The molecular weight excluding hydrogens is 614 g/mol. The quantitative estimate of drug-likeness (QED) is 0.235. The van der Waals surface area contributed by atoms with Crippen LogP contribution in [0.25, 0.3) is 0 Å². The van der Waals surface area contributed by atoms with Crippen molar-refractivity contribution < 1.29 is 22.7 Å². The molecule has 0 unspecified atom stereocenters. The summed E-state index contributed by atoms with van der Waals surface area (Å²) >= 11 is 6.45. The minimum absolute atomic E-state index is 0.0853. The molecule has 1 saturated heterocycles. The maximum atomic E-state index is 13.0. The van der Waals surface area contributed by atoms with E-state index in [2.05, 4.69) is 33.6 Å². The predicted octanol–water partition coefficient (Wildman–Crippen LogP) is 8.01. The molecule has 0 bridgehead atoms. The Morgan fingerprint density at radius 2 is 1.71 bits per heavy atom. The molecular formula is C33H44ClN5O5S. The molecule has 4 rings (SSSR count). The van der Waals surface area contributed by atoms with E-state index in [0.717, 1.165) is 18.4 Å². The van der Waals surface area contributed by atoms with Gasteiger partial charge in [0.05, 0.1) is 33.8 Å². The zero-order valence-corrected chi connectivity index (χ0v) is 28.8. The van der Waals surface area contributed by atoms with Crippen molar-refractivity contribution in [3.05, 3.63) is 58.7 Å². The summed E-state index contributed by atoms with van der Waals surface area (Å²) in [4.78, 5) is 23.5. The molecule has 0 saturated carbocycles. The van der Waals surface area contributed by atoms with Gasteiger partial charge in [-0.2, -0.15) is 4.98 Å². The van der Waals surface area contributed by atoms with Gasteiger partial charge in [-0.25, -0.2) is 18.2 Å². The highest BCUT2D eigenvalue weighted by Gasteiger charge is 2.29. The number of rotatable bonds is 9. The molecule has 45 heavy (non-hydrogen) atoms. The SMILES string of the molecule is Cc1cc(Nc2ncc(Cl)c(Nc3ccccc3S(=O)(=O)C(C)C)n2)c(OC(C)C)cc1C1CCN(C(=O)OC(C)(C)C)CC1. The molecule has 244 valence electrons. The zero-order valence-electron chi connectivity index (χ0n) is 27.3. The Bertz CT molecular complexity index is 1630. The van der Waals surface area contributed by atoms with Gasteiger partial charge in [-0.1, -0.05) is 23.7 Å². The van der Waals surface area contributed by atoms with Crippen LogP contribution < -0.4 is 15.4 Å². The lowest BCUT2D eigenvalue weighted by atomic mass is 9.86. The number of hydrogen-bond donors (Lipinski definition) is 2. The van der Waals surface area contributed by atoms with E-state index in [9.17, 15) is 13.2 Å². The number of aromatic nitrogens is 2. The fourth-order valence-electron chi connectivity index (χ4n) is 5.13. The molecule has 1 aromatic heterocycles. The van der Waals surface area contributed by atoms with Gasteiger partial charge in [0, 0.05) is 13.1 Å². The Morgan fingerprint density at radius 1 is 1.04 bits per heavy atom. The molecule has 1 aliphatic rings. The molecule has 1 aliphatic heterocycles. The van der Waals surface area contributed by atoms with Crippen LogP contribution in [-0.4, -0.2) is 59.4 Å². The molecule has 0 atom stereocenters. The summed E-state index contributed by atoms with van der Waals surface area (Å²) in [6, 6.07) is 10.7. The fraction of sp³-hybridized carbons (Fsp3) is 0.485. The number of carbonyl (C=O) groups excluding carboxylic acids is 1. The van der Waals surface area contributed by atoms with Gasteiger partial charge in [-0.15, -0.1) is 0 Å². The van der Waals surface area contributed by atoms with E-state index >= 15 is 0 Å². The number of hydrogen-bond acceptors (Lipinski definition) is 9. The first-order chi connectivity index (χ1) is 21.0. The molecule has 1 fully saturated rings. The van der Waals surface area contributed by atoms with E-state index in [1.807, 2.05) is 40.7 Å². The van der Waals surface area contributed by atoms with Gasteiger partial charge >= 0.3 is 6.09 Å². The van der Waals surface area contributed by atoms with Crippen LogP contribution in [0.15, 0.2) is 47.5 Å². The number of para-hydroxylation sites is 1. The van der Waals surface area contributed by atoms with Gasteiger partial charge in [0.2, 0.25) is 5.95 Å². The highest BCUT2D eigenvalue weighted by Crippen LogP contribution is 2.38. The summed E-state index contributed by atoms with van der Waals surface area (Å²) in [5.41, 5.74) is 2.78. The first-order valence-corrected chi connectivity index (χ1v) is 17.2. The van der Waals surface area contributed by atoms with E-state index in [4.69, 9.17) is 21.1 Å². The molecule has 1 amide bonds. The van der Waals surface area contributed by atoms with Gasteiger partial charge in [-0.3, -0.25) is 0 Å². The molecule has 2 heterocycles. The second-order valence-electron chi connectivity index (χ2n) is 12.8. The molecule has 12 heteroatoms. The minimum Gasteiger partial charge on any atom is -0.489 e. The first kappa shape index (κ1) is 34.3. The lowest BCUT2D eigenvalue weighted by Crippen LogP contribution is -2.41. The number of piperidine rings is 1.